The predicted octanol–water partition coefficient (Wildman–Crippen LogP) is 3.42. The van der Waals surface area contributed by atoms with Gasteiger partial charge in [-0.05, 0) is 44.7 Å². The Kier molecular flexibility index (Phi) is 5.12. The molecule has 1 amide bonds. The molecular weight excluding hydrogens is 276 g/mol. The van der Waals surface area contributed by atoms with Crippen LogP contribution in [0.25, 0.3) is 0 Å². The van der Waals surface area contributed by atoms with Gasteiger partial charge in [-0.25, -0.2) is 4.79 Å². The minimum Gasteiger partial charge on any atom is -0.444 e. The van der Waals surface area contributed by atoms with Gasteiger partial charge >= 0.3 is 6.09 Å². The molecule has 1 aliphatic heterocycles. The quantitative estimate of drug-likeness (QED) is 0.926. The lowest BCUT2D eigenvalue weighted by Gasteiger charge is -2.26. The SMILES string of the molecule is CC(C)(C)OC(=O)NC[C@@]1(C)CCN(Cc2ccccc2)C1. The Morgan fingerprint density at radius 2 is 2.00 bits per heavy atom. The van der Waals surface area contributed by atoms with E-state index < -0.39 is 5.60 Å². The fourth-order valence-corrected chi connectivity index (χ4v) is 2.85. The van der Waals surface area contributed by atoms with Gasteiger partial charge in [0.2, 0.25) is 0 Å². The molecule has 1 heterocycles. The maximum atomic E-state index is 11.8. The van der Waals surface area contributed by atoms with Crippen LogP contribution in [0.1, 0.15) is 39.7 Å². The number of benzene rings is 1. The Labute approximate surface area is 133 Å². The first-order valence-electron chi connectivity index (χ1n) is 7.99. The zero-order valence-corrected chi connectivity index (χ0v) is 14.2. The molecule has 0 bridgehead atoms. The number of carbonyl (C=O) groups is 1. The van der Waals surface area contributed by atoms with E-state index in [0.717, 1.165) is 26.1 Å². The van der Waals surface area contributed by atoms with Crippen molar-refractivity contribution in [2.75, 3.05) is 19.6 Å². The smallest absolute Gasteiger partial charge is 0.407 e. The molecule has 0 radical (unpaired) electrons. The molecule has 1 aromatic rings. The number of likely N-dealkylation sites (tertiary alicyclic amines) is 1. The summed E-state index contributed by atoms with van der Waals surface area (Å²) in [7, 11) is 0. The van der Waals surface area contributed by atoms with Gasteiger partial charge in [-0.2, -0.15) is 0 Å². The van der Waals surface area contributed by atoms with Crippen molar-refractivity contribution in [1.29, 1.82) is 0 Å². The van der Waals surface area contributed by atoms with Crippen LogP contribution >= 0.6 is 0 Å². The molecule has 4 heteroatoms. The van der Waals surface area contributed by atoms with Crippen LogP contribution in [0.3, 0.4) is 0 Å². The molecule has 122 valence electrons. The first kappa shape index (κ1) is 16.8. The third kappa shape index (κ3) is 5.34. The van der Waals surface area contributed by atoms with E-state index in [2.05, 4.69) is 41.4 Å². The average molecular weight is 304 g/mol. The second-order valence-electron chi connectivity index (χ2n) is 7.61. The number of rotatable bonds is 4. The van der Waals surface area contributed by atoms with Crippen molar-refractivity contribution < 1.29 is 9.53 Å². The largest absolute Gasteiger partial charge is 0.444 e. The van der Waals surface area contributed by atoms with Crippen molar-refractivity contribution in [3.8, 4) is 0 Å². The Hall–Kier alpha value is -1.55. The Balaban J connectivity index is 1.79. The van der Waals surface area contributed by atoms with E-state index in [1.54, 1.807) is 0 Å². The first-order chi connectivity index (χ1) is 10.3. The molecule has 1 atom stereocenters. The van der Waals surface area contributed by atoms with Crippen LogP contribution in [0.4, 0.5) is 4.79 Å². The van der Waals surface area contributed by atoms with Crippen molar-refractivity contribution in [3.63, 3.8) is 0 Å². The molecular formula is C18H28N2O2. The molecule has 4 nitrogen and oxygen atoms in total. The molecule has 1 aromatic carbocycles. The van der Waals surface area contributed by atoms with E-state index in [-0.39, 0.29) is 11.5 Å². The maximum absolute atomic E-state index is 11.8. The highest BCUT2D eigenvalue weighted by Gasteiger charge is 2.34. The number of hydrogen-bond donors (Lipinski definition) is 1. The summed E-state index contributed by atoms with van der Waals surface area (Å²) in [6.07, 6.45) is 0.769. The van der Waals surface area contributed by atoms with Gasteiger partial charge in [-0.15, -0.1) is 0 Å². The van der Waals surface area contributed by atoms with Crippen LogP contribution in [-0.4, -0.2) is 36.2 Å². The Bertz CT molecular complexity index is 496. The van der Waals surface area contributed by atoms with E-state index in [0.29, 0.717) is 6.54 Å². The molecule has 22 heavy (non-hydrogen) atoms. The summed E-state index contributed by atoms with van der Waals surface area (Å²) in [5, 5.41) is 2.92. The van der Waals surface area contributed by atoms with Gasteiger partial charge in [0.05, 0.1) is 0 Å². The van der Waals surface area contributed by atoms with Gasteiger partial charge in [0.15, 0.2) is 0 Å². The Morgan fingerprint density at radius 1 is 1.32 bits per heavy atom. The van der Waals surface area contributed by atoms with Crippen LogP contribution < -0.4 is 5.32 Å². The van der Waals surface area contributed by atoms with Crippen LogP contribution in [-0.2, 0) is 11.3 Å². The van der Waals surface area contributed by atoms with Crippen LogP contribution in [0.15, 0.2) is 30.3 Å². The minimum absolute atomic E-state index is 0.117. The van der Waals surface area contributed by atoms with E-state index in [4.69, 9.17) is 4.74 Å². The number of ether oxygens (including phenoxy) is 1. The molecule has 0 saturated carbocycles. The van der Waals surface area contributed by atoms with E-state index in [9.17, 15) is 4.79 Å². The van der Waals surface area contributed by atoms with Crippen LogP contribution in [0.2, 0.25) is 0 Å². The fraction of sp³-hybridized carbons (Fsp3) is 0.611. The summed E-state index contributed by atoms with van der Waals surface area (Å²) >= 11 is 0. The summed E-state index contributed by atoms with van der Waals surface area (Å²) in [4.78, 5) is 14.2. The van der Waals surface area contributed by atoms with E-state index >= 15 is 0 Å². The second-order valence-corrected chi connectivity index (χ2v) is 7.61. The number of nitrogens with zero attached hydrogens (tertiary/aromatic N) is 1. The molecule has 1 saturated heterocycles. The summed E-state index contributed by atoms with van der Waals surface area (Å²) < 4.78 is 5.30. The van der Waals surface area contributed by atoms with Crippen molar-refractivity contribution >= 4 is 6.09 Å². The van der Waals surface area contributed by atoms with Gasteiger partial charge in [-0.3, -0.25) is 4.90 Å². The highest BCUT2D eigenvalue weighted by molar-refractivity contribution is 5.67. The fourth-order valence-electron chi connectivity index (χ4n) is 2.85. The average Bonchev–Trinajstić information content (AvgIpc) is 2.78. The molecule has 0 aliphatic carbocycles. The maximum Gasteiger partial charge on any atom is 0.407 e. The summed E-state index contributed by atoms with van der Waals surface area (Å²) in [5.74, 6) is 0. The zero-order valence-electron chi connectivity index (χ0n) is 14.2. The van der Waals surface area contributed by atoms with Gasteiger partial charge in [0.1, 0.15) is 5.60 Å². The van der Waals surface area contributed by atoms with Gasteiger partial charge in [-0.1, -0.05) is 37.3 Å². The van der Waals surface area contributed by atoms with Crippen LogP contribution in [0, 0.1) is 5.41 Å². The number of carbonyl (C=O) groups excluding carboxylic acids is 1. The number of hydrogen-bond acceptors (Lipinski definition) is 3. The van der Waals surface area contributed by atoms with Gasteiger partial charge in [0.25, 0.3) is 0 Å². The molecule has 0 spiro atoms. The van der Waals surface area contributed by atoms with Crippen molar-refractivity contribution in [2.24, 2.45) is 5.41 Å². The topological polar surface area (TPSA) is 41.6 Å². The normalized spacial score (nSPS) is 22.5. The Morgan fingerprint density at radius 3 is 2.64 bits per heavy atom. The highest BCUT2D eigenvalue weighted by atomic mass is 16.6. The molecule has 1 aliphatic rings. The third-order valence-electron chi connectivity index (χ3n) is 3.94. The second kappa shape index (κ2) is 6.69. The minimum atomic E-state index is -0.444. The highest BCUT2D eigenvalue weighted by Crippen LogP contribution is 2.30. The standard InChI is InChI=1S/C18H28N2O2/c1-17(2,3)22-16(21)19-13-18(4)10-11-20(14-18)12-15-8-6-5-7-9-15/h5-9H,10-14H2,1-4H3,(H,19,21)/t18-/m1/s1. The van der Waals surface area contributed by atoms with Gasteiger partial charge in [0, 0.05) is 19.6 Å². The molecule has 0 unspecified atom stereocenters. The summed E-state index contributed by atoms with van der Waals surface area (Å²) in [5.41, 5.74) is 1.01. The molecule has 0 aromatic heterocycles. The summed E-state index contributed by atoms with van der Waals surface area (Å²) in [6, 6.07) is 10.5. The van der Waals surface area contributed by atoms with Crippen molar-refractivity contribution in [1.82, 2.24) is 10.2 Å². The number of nitrogens with one attached hydrogen (secondary N) is 1. The van der Waals surface area contributed by atoms with Crippen molar-refractivity contribution in [3.05, 3.63) is 35.9 Å². The third-order valence-corrected chi connectivity index (χ3v) is 3.94. The van der Waals surface area contributed by atoms with Crippen molar-refractivity contribution in [2.45, 2.75) is 46.3 Å². The number of alkyl carbamates (subject to hydrolysis) is 1. The molecule has 2 rings (SSSR count). The van der Waals surface area contributed by atoms with Gasteiger partial charge < -0.3 is 10.1 Å². The molecule has 1 N–H and O–H groups in total. The lowest BCUT2D eigenvalue weighted by molar-refractivity contribution is 0.0504. The lowest BCUT2D eigenvalue weighted by atomic mass is 9.90. The van der Waals surface area contributed by atoms with Crippen LogP contribution in [0.5, 0.6) is 0 Å². The monoisotopic (exact) mass is 304 g/mol. The first-order valence-corrected chi connectivity index (χ1v) is 7.99. The van der Waals surface area contributed by atoms with E-state index in [1.807, 2.05) is 26.8 Å². The van der Waals surface area contributed by atoms with E-state index in [1.165, 1.54) is 5.56 Å². The zero-order chi connectivity index (χ0) is 16.2. The number of amides is 1. The summed E-state index contributed by atoms with van der Waals surface area (Å²) in [6.45, 7) is 11.6. The predicted molar refractivity (Wildman–Crippen MR) is 88.7 cm³/mol. The lowest BCUT2D eigenvalue weighted by Crippen LogP contribution is -2.40. The molecule has 1 fully saturated rings.